The van der Waals surface area contributed by atoms with Crippen molar-refractivity contribution in [2.75, 3.05) is 13.6 Å². The number of carboxylic acid groups (broad SMARTS) is 1. The zero-order valence-corrected chi connectivity index (χ0v) is 14.8. The van der Waals surface area contributed by atoms with Gasteiger partial charge in [-0.3, -0.25) is 9.59 Å². The third kappa shape index (κ3) is 3.69. The molecule has 1 amide bonds. The first-order valence-electron chi connectivity index (χ1n) is 8.31. The molecule has 0 aliphatic heterocycles. The van der Waals surface area contributed by atoms with Gasteiger partial charge < -0.3 is 10.0 Å². The molecule has 6 nitrogen and oxygen atoms in total. The highest BCUT2D eigenvalue weighted by molar-refractivity contribution is 6.30. The number of hydrogen-bond acceptors (Lipinski definition) is 3. The van der Waals surface area contributed by atoms with Crippen LogP contribution in [0.3, 0.4) is 0 Å². The predicted octanol–water partition coefficient (Wildman–Crippen LogP) is 2.95. The normalized spacial score (nSPS) is 13.8. The number of carboxylic acids is 1. The lowest BCUT2D eigenvalue weighted by Crippen LogP contribution is -2.32. The van der Waals surface area contributed by atoms with Crippen LogP contribution in [0.1, 0.15) is 41.0 Å². The van der Waals surface area contributed by atoms with Crippen molar-refractivity contribution in [3.8, 4) is 5.69 Å². The van der Waals surface area contributed by atoms with Gasteiger partial charge in [0.05, 0.1) is 5.69 Å². The highest BCUT2D eigenvalue weighted by Gasteiger charge is 2.27. The highest BCUT2D eigenvalue weighted by Crippen LogP contribution is 2.27. The zero-order chi connectivity index (χ0) is 18.0. The molecule has 132 valence electrons. The molecule has 1 aromatic carbocycles. The summed E-state index contributed by atoms with van der Waals surface area (Å²) in [6.07, 6.45) is 4.78. The van der Waals surface area contributed by atoms with E-state index < -0.39 is 5.97 Å². The molecule has 0 spiro atoms. The first-order valence-corrected chi connectivity index (χ1v) is 8.69. The van der Waals surface area contributed by atoms with Gasteiger partial charge in [-0.15, -0.1) is 0 Å². The Hall–Kier alpha value is -2.34. The molecule has 0 saturated heterocycles. The van der Waals surface area contributed by atoms with Gasteiger partial charge in [-0.2, -0.15) is 5.10 Å². The maximum atomic E-state index is 12.7. The van der Waals surface area contributed by atoms with Crippen molar-refractivity contribution in [2.24, 2.45) is 0 Å². The second-order valence-corrected chi connectivity index (χ2v) is 6.71. The number of carbonyl (C=O) groups excluding carboxylic acids is 1. The summed E-state index contributed by atoms with van der Waals surface area (Å²) in [5.74, 6) is -1.40. The van der Waals surface area contributed by atoms with Crippen molar-refractivity contribution in [1.82, 2.24) is 14.7 Å². The molecule has 0 atom stereocenters. The molecule has 3 rings (SSSR count). The molecule has 7 heteroatoms. The SMILES string of the molecule is CN(CC(=O)O)C(=O)c1nn(-c2ccc(Cl)cc2)c2c1CCCCC2. The van der Waals surface area contributed by atoms with Gasteiger partial charge in [0.2, 0.25) is 0 Å². The Morgan fingerprint density at radius 1 is 1.20 bits per heavy atom. The fourth-order valence-electron chi connectivity index (χ4n) is 3.20. The number of aromatic nitrogens is 2. The minimum atomic E-state index is -1.04. The third-order valence-electron chi connectivity index (χ3n) is 4.42. The lowest BCUT2D eigenvalue weighted by atomic mass is 10.1. The molecule has 1 N–H and O–H groups in total. The average Bonchev–Trinajstić information content (AvgIpc) is 2.76. The standard InChI is InChI=1S/C18H20ClN3O3/c1-21(11-16(23)24)18(25)17-14-5-3-2-4-6-15(14)22(20-17)13-9-7-12(19)8-10-13/h7-10H,2-6,11H2,1H3,(H,23,24). The molecule has 1 heterocycles. The van der Waals surface area contributed by atoms with Crippen molar-refractivity contribution < 1.29 is 14.7 Å². The van der Waals surface area contributed by atoms with Crippen LogP contribution < -0.4 is 0 Å². The second kappa shape index (κ2) is 7.27. The summed E-state index contributed by atoms with van der Waals surface area (Å²) in [5, 5.41) is 14.1. The fourth-order valence-corrected chi connectivity index (χ4v) is 3.32. The van der Waals surface area contributed by atoms with Gasteiger partial charge >= 0.3 is 5.97 Å². The van der Waals surface area contributed by atoms with E-state index in [4.69, 9.17) is 16.7 Å². The number of likely N-dealkylation sites (N-methyl/N-ethyl adjacent to an activating group) is 1. The van der Waals surface area contributed by atoms with E-state index in [1.54, 1.807) is 16.8 Å². The van der Waals surface area contributed by atoms with E-state index in [1.807, 2.05) is 12.1 Å². The van der Waals surface area contributed by atoms with Gasteiger partial charge in [0, 0.05) is 23.3 Å². The Balaban J connectivity index is 2.05. The van der Waals surface area contributed by atoms with Crippen LogP contribution in [0.2, 0.25) is 5.02 Å². The quantitative estimate of drug-likeness (QED) is 0.849. The first kappa shape index (κ1) is 17.5. The van der Waals surface area contributed by atoms with Gasteiger partial charge in [-0.05, 0) is 49.9 Å². The van der Waals surface area contributed by atoms with E-state index in [2.05, 4.69) is 5.10 Å². The van der Waals surface area contributed by atoms with E-state index in [1.165, 1.54) is 11.9 Å². The van der Waals surface area contributed by atoms with E-state index in [-0.39, 0.29) is 12.5 Å². The van der Waals surface area contributed by atoms with Crippen molar-refractivity contribution in [2.45, 2.75) is 32.1 Å². The molecule has 1 aliphatic rings. The van der Waals surface area contributed by atoms with Gasteiger partial charge in [0.15, 0.2) is 5.69 Å². The summed E-state index contributed by atoms with van der Waals surface area (Å²) >= 11 is 5.97. The topological polar surface area (TPSA) is 75.4 Å². The van der Waals surface area contributed by atoms with Crippen molar-refractivity contribution >= 4 is 23.5 Å². The number of rotatable bonds is 4. The summed E-state index contributed by atoms with van der Waals surface area (Å²) in [6, 6.07) is 7.32. The summed E-state index contributed by atoms with van der Waals surface area (Å²) in [4.78, 5) is 24.8. The highest BCUT2D eigenvalue weighted by atomic mass is 35.5. The summed E-state index contributed by atoms with van der Waals surface area (Å²) < 4.78 is 1.80. The third-order valence-corrected chi connectivity index (χ3v) is 4.68. The molecule has 0 unspecified atom stereocenters. The maximum absolute atomic E-state index is 12.7. The Morgan fingerprint density at radius 2 is 1.88 bits per heavy atom. The van der Waals surface area contributed by atoms with Crippen LogP contribution >= 0.6 is 11.6 Å². The minimum absolute atomic E-state index is 0.346. The molecule has 1 aromatic heterocycles. The fraction of sp³-hybridized carbons (Fsp3) is 0.389. The molecular formula is C18H20ClN3O3. The Morgan fingerprint density at radius 3 is 2.56 bits per heavy atom. The summed E-state index contributed by atoms with van der Waals surface area (Å²) in [7, 11) is 1.49. The molecule has 2 aromatic rings. The van der Waals surface area contributed by atoms with Gasteiger partial charge in [0.25, 0.3) is 5.91 Å². The van der Waals surface area contributed by atoms with Crippen LogP contribution in [0.4, 0.5) is 0 Å². The number of benzene rings is 1. The molecule has 0 fully saturated rings. The Labute approximate surface area is 151 Å². The summed E-state index contributed by atoms with van der Waals surface area (Å²) in [6.45, 7) is -0.346. The second-order valence-electron chi connectivity index (χ2n) is 6.28. The van der Waals surface area contributed by atoms with Crippen LogP contribution in [-0.2, 0) is 17.6 Å². The van der Waals surface area contributed by atoms with Gasteiger partial charge in [-0.1, -0.05) is 18.0 Å². The monoisotopic (exact) mass is 361 g/mol. The number of fused-ring (bicyclic) bond motifs is 1. The van der Waals surface area contributed by atoms with Crippen LogP contribution in [0.5, 0.6) is 0 Å². The van der Waals surface area contributed by atoms with Crippen LogP contribution in [0.25, 0.3) is 5.69 Å². The molecule has 0 radical (unpaired) electrons. The number of hydrogen-bond donors (Lipinski definition) is 1. The number of amides is 1. The number of aliphatic carboxylic acids is 1. The number of halogens is 1. The van der Waals surface area contributed by atoms with Crippen LogP contribution in [-0.4, -0.2) is 45.3 Å². The van der Waals surface area contributed by atoms with Crippen LogP contribution in [0.15, 0.2) is 24.3 Å². The number of nitrogens with zero attached hydrogens (tertiary/aromatic N) is 3. The average molecular weight is 362 g/mol. The van der Waals surface area contributed by atoms with E-state index in [0.29, 0.717) is 10.7 Å². The van der Waals surface area contributed by atoms with Gasteiger partial charge in [-0.25, -0.2) is 4.68 Å². The molecule has 1 aliphatic carbocycles. The predicted molar refractivity (Wildman–Crippen MR) is 94.4 cm³/mol. The van der Waals surface area contributed by atoms with Crippen LogP contribution in [0, 0.1) is 0 Å². The summed E-state index contributed by atoms with van der Waals surface area (Å²) in [5.41, 5.74) is 3.18. The van der Waals surface area contributed by atoms with E-state index >= 15 is 0 Å². The minimum Gasteiger partial charge on any atom is -0.480 e. The maximum Gasteiger partial charge on any atom is 0.323 e. The molecule has 0 bridgehead atoms. The molecule has 0 saturated carbocycles. The van der Waals surface area contributed by atoms with Crippen molar-refractivity contribution in [3.63, 3.8) is 0 Å². The van der Waals surface area contributed by atoms with E-state index in [9.17, 15) is 9.59 Å². The van der Waals surface area contributed by atoms with E-state index in [0.717, 1.165) is 49.0 Å². The van der Waals surface area contributed by atoms with Crippen molar-refractivity contribution in [1.29, 1.82) is 0 Å². The Bertz CT molecular complexity index is 799. The number of carbonyl (C=O) groups is 2. The lowest BCUT2D eigenvalue weighted by molar-refractivity contribution is -0.137. The van der Waals surface area contributed by atoms with Crippen molar-refractivity contribution in [3.05, 3.63) is 46.2 Å². The largest absolute Gasteiger partial charge is 0.480 e. The first-order chi connectivity index (χ1) is 12.0. The zero-order valence-electron chi connectivity index (χ0n) is 14.0. The molecule has 25 heavy (non-hydrogen) atoms. The van der Waals surface area contributed by atoms with Gasteiger partial charge in [0.1, 0.15) is 6.54 Å². The Kier molecular flexibility index (Phi) is 5.08. The molecular weight excluding hydrogens is 342 g/mol. The lowest BCUT2D eigenvalue weighted by Gasteiger charge is -2.13. The smallest absolute Gasteiger partial charge is 0.323 e.